The summed E-state index contributed by atoms with van der Waals surface area (Å²) in [6.45, 7) is 2.08. The number of rotatable bonds is 3. The molecule has 0 spiro atoms. The van der Waals surface area contributed by atoms with Gasteiger partial charge in [-0.1, -0.05) is 6.92 Å². The molecule has 1 aliphatic rings. The van der Waals surface area contributed by atoms with Gasteiger partial charge in [-0.25, -0.2) is 8.42 Å². The highest BCUT2D eigenvalue weighted by Gasteiger charge is 2.36. The van der Waals surface area contributed by atoms with Crippen molar-refractivity contribution in [3.05, 3.63) is 22.4 Å². The molecular weight excluding hydrogens is 352 g/mol. The molecule has 19 heavy (non-hydrogen) atoms. The lowest BCUT2D eigenvalue weighted by molar-refractivity contribution is 0.0744. The summed E-state index contributed by atoms with van der Waals surface area (Å²) in [5.74, 6) is 1.01. The van der Waals surface area contributed by atoms with Crippen LogP contribution in [0.5, 0.6) is 0 Å². The predicted molar refractivity (Wildman–Crippen MR) is 80.1 cm³/mol. The molecule has 1 N–H and O–H groups in total. The Kier molecular flexibility index (Phi) is 4.62. The summed E-state index contributed by atoms with van der Waals surface area (Å²) < 4.78 is 24.9. The number of nitrogens with one attached hydrogen (secondary N) is 1. The Hall–Kier alpha value is -0.470. The number of aromatic nitrogens is 1. The van der Waals surface area contributed by atoms with E-state index in [9.17, 15) is 13.2 Å². The van der Waals surface area contributed by atoms with E-state index in [2.05, 4.69) is 20.9 Å². The first kappa shape index (κ1) is 14.9. The third kappa shape index (κ3) is 3.17. The lowest BCUT2D eigenvalue weighted by atomic mass is 10.3. The van der Waals surface area contributed by atoms with E-state index in [0.29, 0.717) is 18.0 Å². The maximum Gasteiger partial charge on any atom is 0.271 e. The van der Waals surface area contributed by atoms with Gasteiger partial charge in [-0.15, -0.1) is 0 Å². The standard InChI is InChI=1S/C11H15BrN2O3S2/c1-2-19(16,17)10-7-18-4-3-14(10)11(15)9-5-8(12)6-13-9/h5-6,10,13H,2-4,7H2,1H3. The quantitative estimate of drug-likeness (QED) is 0.883. The van der Waals surface area contributed by atoms with E-state index >= 15 is 0 Å². The molecule has 1 aromatic rings. The van der Waals surface area contributed by atoms with E-state index in [0.717, 1.165) is 10.2 Å². The third-order valence-corrected chi connectivity index (χ3v) is 6.79. The number of aromatic amines is 1. The lowest BCUT2D eigenvalue weighted by Gasteiger charge is -2.34. The minimum atomic E-state index is -3.26. The van der Waals surface area contributed by atoms with Crippen molar-refractivity contribution in [1.82, 2.24) is 9.88 Å². The van der Waals surface area contributed by atoms with E-state index in [4.69, 9.17) is 0 Å². The van der Waals surface area contributed by atoms with E-state index in [1.165, 1.54) is 4.90 Å². The first-order valence-corrected chi connectivity index (χ1v) is 9.56. The van der Waals surface area contributed by atoms with E-state index in [1.54, 1.807) is 30.9 Å². The highest BCUT2D eigenvalue weighted by molar-refractivity contribution is 9.10. The van der Waals surface area contributed by atoms with Crippen LogP contribution in [0.25, 0.3) is 0 Å². The van der Waals surface area contributed by atoms with Crippen LogP contribution in [0.3, 0.4) is 0 Å². The summed E-state index contributed by atoms with van der Waals surface area (Å²) >= 11 is 4.84. The van der Waals surface area contributed by atoms with Crippen molar-refractivity contribution in [2.24, 2.45) is 0 Å². The van der Waals surface area contributed by atoms with Gasteiger partial charge in [0.25, 0.3) is 5.91 Å². The maximum atomic E-state index is 12.4. The number of carbonyl (C=O) groups excluding carboxylic acids is 1. The monoisotopic (exact) mass is 366 g/mol. The molecule has 0 radical (unpaired) electrons. The molecule has 1 fully saturated rings. The molecule has 2 rings (SSSR count). The molecule has 1 aromatic heterocycles. The van der Waals surface area contributed by atoms with Gasteiger partial charge in [0, 0.05) is 34.5 Å². The second kappa shape index (κ2) is 5.88. The first-order chi connectivity index (χ1) is 8.95. The first-order valence-electron chi connectivity index (χ1n) is 5.90. The van der Waals surface area contributed by atoms with E-state index < -0.39 is 15.2 Å². The van der Waals surface area contributed by atoms with Gasteiger partial charge in [-0.3, -0.25) is 4.79 Å². The van der Waals surface area contributed by atoms with Crippen molar-refractivity contribution in [2.75, 3.05) is 23.8 Å². The van der Waals surface area contributed by atoms with Crippen LogP contribution >= 0.6 is 27.7 Å². The lowest BCUT2D eigenvalue weighted by Crippen LogP contribution is -2.50. The van der Waals surface area contributed by atoms with Gasteiger partial charge >= 0.3 is 0 Å². The Labute approximate surface area is 125 Å². The summed E-state index contributed by atoms with van der Waals surface area (Å²) in [7, 11) is -3.26. The fourth-order valence-corrected chi connectivity index (χ4v) is 5.26. The molecule has 1 saturated heterocycles. The molecule has 2 heterocycles. The molecule has 1 atom stereocenters. The van der Waals surface area contributed by atoms with Crippen LogP contribution in [0, 0.1) is 0 Å². The smallest absolute Gasteiger partial charge is 0.271 e. The van der Waals surface area contributed by atoms with Gasteiger partial charge in [-0.2, -0.15) is 11.8 Å². The molecule has 0 aromatic carbocycles. The Morgan fingerprint density at radius 3 is 2.95 bits per heavy atom. The van der Waals surface area contributed by atoms with Crippen LogP contribution in [0.2, 0.25) is 0 Å². The number of H-pyrrole nitrogens is 1. The fourth-order valence-electron chi connectivity index (χ4n) is 1.95. The fraction of sp³-hybridized carbons (Fsp3) is 0.545. The van der Waals surface area contributed by atoms with E-state index in [-0.39, 0.29) is 11.7 Å². The minimum absolute atomic E-state index is 0.0520. The largest absolute Gasteiger partial charge is 0.356 e. The summed E-state index contributed by atoms with van der Waals surface area (Å²) in [4.78, 5) is 16.7. The van der Waals surface area contributed by atoms with Gasteiger partial charge in [0.15, 0.2) is 9.84 Å². The van der Waals surface area contributed by atoms with Gasteiger partial charge < -0.3 is 9.88 Å². The molecule has 0 bridgehead atoms. The van der Waals surface area contributed by atoms with Gasteiger partial charge in [0.1, 0.15) is 11.1 Å². The number of carbonyl (C=O) groups is 1. The van der Waals surface area contributed by atoms with Gasteiger partial charge in [0.05, 0.1) is 0 Å². The number of hydrogen-bond acceptors (Lipinski definition) is 4. The molecule has 0 saturated carbocycles. The molecular formula is C11H15BrN2O3S2. The van der Waals surface area contributed by atoms with Crippen LogP contribution in [0.15, 0.2) is 16.7 Å². The number of amides is 1. The SMILES string of the molecule is CCS(=O)(=O)C1CSCCN1C(=O)c1cc(Br)c[nH]1. The zero-order valence-electron chi connectivity index (χ0n) is 10.4. The Bertz CT molecular complexity index is 570. The van der Waals surface area contributed by atoms with Gasteiger partial charge in [-0.05, 0) is 22.0 Å². The molecule has 1 unspecified atom stereocenters. The van der Waals surface area contributed by atoms with Crippen molar-refractivity contribution in [3.63, 3.8) is 0 Å². The van der Waals surface area contributed by atoms with Crippen LogP contribution < -0.4 is 0 Å². The van der Waals surface area contributed by atoms with Gasteiger partial charge in [0.2, 0.25) is 0 Å². The maximum absolute atomic E-state index is 12.4. The normalized spacial score (nSPS) is 20.5. The summed E-state index contributed by atoms with van der Waals surface area (Å²) in [6, 6.07) is 1.67. The second-order valence-electron chi connectivity index (χ2n) is 4.21. The number of nitrogens with zero attached hydrogens (tertiary/aromatic N) is 1. The minimum Gasteiger partial charge on any atom is -0.356 e. The number of hydrogen-bond donors (Lipinski definition) is 1. The third-order valence-electron chi connectivity index (χ3n) is 3.04. The van der Waals surface area contributed by atoms with Crippen LogP contribution in [-0.4, -0.2) is 53.4 Å². The van der Waals surface area contributed by atoms with Crippen LogP contribution in [-0.2, 0) is 9.84 Å². The van der Waals surface area contributed by atoms with Crippen molar-refractivity contribution in [3.8, 4) is 0 Å². The van der Waals surface area contributed by atoms with Crippen molar-refractivity contribution < 1.29 is 13.2 Å². The van der Waals surface area contributed by atoms with Crippen molar-refractivity contribution >= 4 is 43.4 Å². The zero-order chi connectivity index (χ0) is 14.0. The van der Waals surface area contributed by atoms with Crippen LogP contribution in [0.1, 0.15) is 17.4 Å². The topological polar surface area (TPSA) is 70.2 Å². The molecule has 106 valence electrons. The zero-order valence-corrected chi connectivity index (χ0v) is 13.6. The Morgan fingerprint density at radius 1 is 1.63 bits per heavy atom. The Morgan fingerprint density at radius 2 is 2.37 bits per heavy atom. The molecule has 1 amide bonds. The van der Waals surface area contributed by atoms with Crippen molar-refractivity contribution in [1.29, 1.82) is 0 Å². The highest BCUT2D eigenvalue weighted by atomic mass is 79.9. The molecule has 5 nitrogen and oxygen atoms in total. The van der Waals surface area contributed by atoms with E-state index in [1.807, 2.05) is 0 Å². The summed E-state index contributed by atoms with van der Waals surface area (Å²) in [6.07, 6.45) is 1.66. The number of thioether (sulfide) groups is 1. The molecule has 8 heteroatoms. The number of halogens is 1. The average molecular weight is 367 g/mol. The average Bonchev–Trinajstić information content (AvgIpc) is 2.84. The molecule has 1 aliphatic heterocycles. The highest BCUT2D eigenvalue weighted by Crippen LogP contribution is 2.24. The summed E-state index contributed by atoms with van der Waals surface area (Å²) in [5, 5.41) is -0.717. The van der Waals surface area contributed by atoms with Crippen LogP contribution in [0.4, 0.5) is 0 Å². The second-order valence-corrected chi connectivity index (χ2v) is 8.72. The van der Waals surface area contributed by atoms with Crippen molar-refractivity contribution in [2.45, 2.75) is 12.3 Å². The predicted octanol–water partition coefficient (Wildman–Crippen LogP) is 1.73. The Balaban J connectivity index is 2.27. The molecule has 0 aliphatic carbocycles. The number of sulfone groups is 1. The summed E-state index contributed by atoms with van der Waals surface area (Å²) in [5.41, 5.74) is 0.412.